The average Bonchev–Trinajstić information content (AvgIpc) is 3.17. The highest BCUT2D eigenvalue weighted by atomic mass is 79.9. The summed E-state index contributed by atoms with van der Waals surface area (Å²) in [5.41, 5.74) is 5.11. The van der Waals surface area contributed by atoms with Crippen LogP contribution in [0.5, 0.6) is 0 Å². The third-order valence-corrected chi connectivity index (χ3v) is 6.39. The third-order valence-electron chi connectivity index (χ3n) is 5.74. The number of hydrogen-bond acceptors (Lipinski definition) is 4. The van der Waals surface area contributed by atoms with Crippen LogP contribution in [0.2, 0.25) is 0 Å². The van der Waals surface area contributed by atoms with Crippen LogP contribution in [-0.4, -0.2) is 35.7 Å². The van der Waals surface area contributed by atoms with Crippen LogP contribution in [0.3, 0.4) is 0 Å². The van der Waals surface area contributed by atoms with Crippen molar-refractivity contribution in [1.82, 2.24) is 5.32 Å². The van der Waals surface area contributed by atoms with Crippen LogP contribution < -0.4 is 10.6 Å². The predicted octanol–water partition coefficient (Wildman–Crippen LogP) is 5.02. The summed E-state index contributed by atoms with van der Waals surface area (Å²) in [6, 6.07) is 19.4. The van der Waals surface area contributed by atoms with E-state index in [-0.39, 0.29) is 24.5 Å². The van der Waals surface area contributed by atoms with E-state index in [1.54, 1.807) is 0 Å². The summed E-state index contributed by atoms with van der Waals surface area (Å²) in [6.07, 6.45) is 4.39. The molecular weight excluding hydrogens is 512 g/mol. The maximum absolute atomic E-state index is 12.5. The van der Waals surface area contributed by atoms with E-state index in [0.717, 1.165) is 22.3 Å². The maximum atomic E-state index is 12.5. The normalized spacial score (nSPS) is 12.6. The molecule has 2 amide bonds. The molecule has 8 heteroatoms. The van der Waals surface area contributed by atoms with Gasteiger partial charge in [-0.1, -0.05) is 48.5 Å². The van der Waals surface area contributed by atoms with Gasteiger partial charge >= 0.3 is 12.1 Å². The lowest BCUT2D eigenvalue weighted by atomic mass is 9.98. The number of nitrogens with one attached hydrogen (secondary N) is 2. The second kappa shape index (κ2) is 10.5. The lowest BCUT2D eigenvalue weighted by Crippen LogP contribution is -2.40. The summed E-state index contributed by atoms with van der Waals surface area (Å²) < 4.78 is 5.98. The first kappa shape index (κ1) is 24.0. The molecule has 0 saturated heterocycles. The highest BCUT2D eigenvalue weighted by Crippen LogP contribution is 2.44. The topological polar surface area (TPSA) is 105 Å². The highest BCUT2D eigenvalue weighted by molar-refractivity contribution is 9.10. The van der Waals surface area contributed by atoms with Gasteiger partial charge in [-0.3, -0.25) is 10.1 Å². The largest absolute Gasteiger partial charge is 0.480 e. The molecule has 0 bridgehead atoms. The minimum absolute atomic E-state index is 0.0622. The molecule has 0 heterocycles. The van der Waals surface area contributed by atoms with Gasteiger partial charge in [0.2, 0.25) is 0 Å². The number of benzene rings is 3. The van der Waals surface area contributed by atoms with Crippen molar-refractivity contribution in [2.24, 2.45) is 0 Å². The van der Waals surface area contributed by atoms with Crippen molar-refractivity contribution in [3.63, 3.8) is 0 Å². The fourth-order valence-corrected chi connectivity index (χ4v) is 4.54. The van der Waals surface area contributed by atoms with Gasteiger partial charge in [0.05, 0.1) is 5.69 Å². The molecule has 1 aliphatic carbocycles. The van der Waals surface area contributed by atoms with Crippen LogP contribution in [-0.2, 0) is 9.53 Å². The zero-order valence-corrected chi connectivity index (χ0v) is 20.0. The number of terminal acetylenes is 1. The third kappa shape index (κ3) is 5.20. The van der Waals surface area contributed by atoms with Gasteiger partial charge in [-0.2, -0.15) is 0 Å². The Morgan fingerprint density at radius 2 is 1.66 bits per heavy atom. The predicted molar refractivity (Wildman–Crippen MR) is 135 cm³/mol. The molecule has 35 heavy (non-hydrogen) atoms. The molecule has 1 unspecified atom stereocenters. The van der Waals surface area contributed by atoms with Gasteiger partial charge in [0.1, 0.15) is 12.6 Å². The van der Waals surface area contributed by atoms with Gasteiger partial charge in [-0.25, -0.2) is 9.59 Å². The van der Waals surface area contributed by atoms with E-state index in [2.05, 4.69) is 44.6 Å². The van der Waals surface area contributed by atoms with Crippen LogP contribution in [0.15, 0.2) is 71.2 Å². The van der Waals surface area contributed by atoms with Gasteiger partial charge in [-0.05, 0) is 56.4 Å². The Morgan fingerprint density at radius 1 is 1.03 bits per heavy atom. The Labute approximate surface area is 210 Å². The minimum Gasteiger partial charge on any atom is -0.480 e. The Bertz CT molecular complexity index is 1300. The second-order valence-electron chi connectivity index (χ2n) is 7.92. The number of aliphatic carboxylic acids is 1. The molecule has 3 aromatic carbocycles. The van der Waals surface area contributed by atoms with Crippen molar-refractivity contribution in [1.29, 1.82) is 0 Å². The van der Waals surface area contributed by atoms with Crippen molar-refractivity contribution in [3.8, 4) is 23.5 Å². The first-order valence-corrected chi connectivity index (χ1v) is 11.6. The zero-order valence-electron chi connectivity index (χ0n) is 18.5. The van der Waals surface area contributed by atoms with Gasteiger partial charge in [-0.15, -0.1) is 12.3 Å². The number of hydrogen-bond donors (Lipinski definition) is 3. The Hall–Kier alpha value is -4.09. The Kier molecular flexibility index (Phi) is 7.18. The van der Waals surface area contributed by atoms with Crippen LogP contribution in [0.1, 0.15) is 33.8 Å². The molecule has 0 aromatic heterocycles. The SMILES string of the molecule is C#CCC(NC(=O)c1ccc(NC(=O)OCC2c3ccccc3-c3ccccc32)c(Br)c1)C(=O)O. The number of anilines is 1. The Balaban J connectivity index is 1.40. The van der Waals surface area contributed by atoms with Crippen LogP contribution >= 0.6 is 15.9 Å². The van der Waals surface area contributed by atoms with E-state index in [9.17, 15) is 14.4 Å². The molecule has 0 spiro atoms. The number of carbonyl (C=O) groups is 3. The van der Waals surface area contributed by atoms with Gasteiger partial charge in [0, 0.05) is 22.4 Å². The number of carboxylic acid groups (broad SMARTS) is 1. The van der Waals surface area contributed by atoms with E-state index < -0.39 is 24.0 Å². The van der Waals surface area contributed by atoms with E-state index in [1.807, 2.05) is 36.4 Å². The van der Waals surface area contributed by atoms with Crippen LogP contribution in [0.25, 0.3) is 11.1 Å². The summed E-state index contributed by atoms with van der Waals surface area (Å²) in [7, 11) is 0. The monoisotopic (exact) mass is 532 g/mol. The highest BCUT2D eigenvalue weighted by Gasteiger charge is 2.29. The van der Waals surface area contributed by atoms with E-state index in [0.29, 0.717) is 10.2 Å². The molecule has 7 nitrogen and oxygen atoms in total. The number of rotatable bonds is 7. The van der Waals surface area contributed by atoms with Crippen molar-refractivity contribution in [2.45, 2.75) is 18.4 Å². The lowest BCUT2D eigenvalue weighted by Gasteiger charge is -2.15. The summed E-state index contributed by atoms with van der Waals surface area (Å²) >= 11 is 3.33. The molecule has 0 radical (unpaired) electrons. The van der Waals surface area contributed by atoms with Crippen LogP contribution in [0.4, 0.5) is 10.5 Å². The van der Waals surface area contributed by atoms with Crippen LogP contribution in [0, 0.1) is 12.3 Å². The van der Waals surface area contributed by atoms with E-state index >= 15 is 0 Å². The van der Waals surface area contributed by atoms with Gasteiger partial charge < -0.3 is 15.2 Å². The maximum Gasteiger partial charge on any atom is 0.411 e. The molecule has 0 fully saturated rings. The molecule has 1 atom stereocenters. The number of fused-ring (bicyclic) bond motifs is 3. The molecule has 1 aliphatic rings. The number of amides is 2. The number of halogens is 1. The van der Waals surface area contributed by atoms with Crippen molar-refractivity contribution < 1.29 is 24.2 Å². The number of carbonyl (C=O) groups excluding carboxylic acids is 2. The average molecular weight is 533 g/mol. The smallest absolute Gasteiger partial charge is 0.411 e. The van der Waals surface area contributed by atoms with Crippen molar-refractivity contribution in [3.05, 3.63) is 87.9 Å². The van der Waals surface area contributed by atoms with Crippen molar-refractivity contribution >= 4 is 39.6 Å². The van der Waals surface area contributed by atoms with Crippen molar-refractivity contribution in [2.75, 3.05) is 11.9 Å². The van der Waals surface area contributed by atoms with Gasteiger partial charge in [0.15, 0.2) is 0 Å². The quantitative estimate of drug-likeness (QED) is 0.370. The Morgan fingerprint density at radius 3 is 2.23 bits per heavy atom. The molecule has 0 saturated carbocycles. The minimum atomic E-state index is -1.22. The first-order valence-electron chi connectivity index (χ1n) is 10.8. The summed E-state index contributed by atoms with van der Waals surface area (Å²) in [4.78, 5) is 36.1. The fraction of sp³-hybridized carbons (Fsp3) is 0.148. The molecule has 3 aromatic rings. The molecule has 176 valence electrons. The fourth-order valence-electron chi connectivity index (χ4n) is 4.06. The first-order chi connectivity index (χ1) is 16.9. The van der Waals surface area contributed by atoms with E-state index in [1.165, 1.54) is 18.2 Å². The molecule has 0 aliphatic heterocycles. The zero-order chi connectivity index (χ0) is 24.9. The lowest BCUT2D eigenvalue weighted by molar-refractivity contribution is -0.139. The molecule has 4 rings (SSSR count). The summed E-state index contributed by atoms with van der Waals surface area (Å²) in [5, 5.41) is 14.2. The van der Waals surface area contributed by atoms with E-state index in [4.69, 9.17) is 16.3 Å². The number of ether oxygens (including phenoxy) is 1. The number of carboxylic acids is 1. The molecular formula is C27H21BrN2O5. The molecule has 3 N–H and O–H groups in total. The summed E-state index contributed by atoms with van der Waals surface area (Å²) in [6.45, 7) is 0.170. The summed E-state index contributed by atoms with van der Waals surface area (Å²) in [5.74, 6) is 0.348. The standard InChI is InChI=1S/C27H21BrN2O5/c1-2-7-24(26(32)33)29-25(31)16-12-13-23(22(28)14-16)30-27(34)35-15-21-19-10-5-3-8-17(19)18-9-4-6-11-20(18)21/h1,3-6,8-14,21,24H,7,15H2,(H,29,31)(H,30,34)(H,32,33). The van der Waals surface area contributed by atoms with Gasteiger partial charge in [0.25, 0.3) is 5.91 Å². The second-order valence-corrected chi connectivity index (χ2v) is 8.77.